The van der Waals surface area contributed by atoms with Crippen molar-refractivity contribution in [2.75, 3.05) is 0 Å². The van der Waals surface area contributed by atoms with Crippen LogP contribution in [0.15, 0.2) is 11.6 Å². The quantitative estimate of drug-likeness (QED) is 0.147. The molecule has 1 nitrogen and oxygen atoms in total. The second-order valence-electron chi connectivity index (χ2n) is 17.4. The van der Waals surface area contributed by atoms with E-state index in [1.165, 1.54) is 89.8 Å². The third-order valence-corrected chi connectivity index (χ3v) is 13.2. The van der Waals surface area contributed by atoms with Crippen molar-refractivity contribution in [3.05, 3.63) is 11.6 Å². The van der Waals surface area contributed by atoms with Gasteiger partial charge < -0.3 is 4.79 Å². The van der Waals surface area contributed by atoms with Crippen molar-refractivity contribution in [1.29, 1.82) is 0 Å². The summed E-state index contributed by atoms with van der Waals surface area (Å²) in [5.41, 5.74) is 1.70. The smallest absolute Gasteiger partial charge is 0.123 e. The van der Waals surface area contributed by atoms with Crippen LogP contribution in [0, 0.1) is 82.9 Å². The molecular formula is C41H74O. The van der Waals surface area contributed by atoms with E-state index >= 15 is 0 Å². The normalized spacial score (nSPS) is 36.4. The van der Waals surface area contributed by atoms with Crippen molar-refractivity contribution in [3.63, 3.8) is 0 Å². The van der Waals surface area contributed by atoms with Gasteiger partial charge in [0.15, 0.2) is 0 Å². The molecule has 3 fully saturated rings. The van der Waals surface area contributed by atoms with E-state index in [4.69, 9.17) is 0 Å². The Morgan fingerprint density at radius 1 is 0.619 bits per heavy atom. The second-order valence-corrected chi connectivity index (χ2v) is 17.4. The largest absolute Gasteiger partial charge is 0.303 e. The molecule has 1 heteroatoms. The molecule has 0 N–H and O–H groups in total. The Kier molecular flexibility index (Phi) is 14.7. The van der Waals surface area contributed by atoms with E-state index in [2.05, 4.69) is 75.3 Å². The predicted molar refractivity (Wildman–Crippen MR) is 184 cm³/mol. The molecule has 244 valence electrons. The Labute approximate surface area is 264 Å². The van der Waals surface area contributed by atoms with Gasteiger partial charge in [-0.15, -0.1) is 0 Å². The SMILES string of the molecule is C/C(=C/CCC(CCCC(C=O)C1CC(C)CCC1C(C)C)C1CC(C)CCC1C(C)C)C1CC(C)CCC1C(C)C. The molecule has 0 aromatic carbocycles. The molecule has 11 atom stereocenters. The average molecular weight is 583 g/mol. The van der Waals surface area contributed by atoms with Crippen molar-refractivity contribution in [3.8, 4) is 0 Å². The van der Waals surface area contributed by atoms with E-state index < -0.39 is 0 Å². The number of carbonyl (C=O) groups is 1. The number of carbonyl (C=O) groups excluding carboxylic acids is 1. The first-order valence-corrected chi connectivity index (χ1v) is 19.0. The molecule has 11 unspecified atom stereocenters. The molecule has 0 saturated heterocycles. The third kappa shape index (κ3) is 9.96. The summed E-state index contributed by atoms with van der Waals surface area (Å²) in [7, 11) is 0. The van der Waals surface area contributed by atoms with Crippen LogP contribution >= 0.6 is 0 Å². The maximum absolute atomic E-state index is 12.5. The lowest BCUT2D eigenvalue weighted by Gasteiger charge is -2.43. The molecule has 0 amide bonds. The number of hydrogen-bond acceptors (Lipinski definition) is 1. The van der Waals surface area contributed by atoms with Crippen LogP contribution in [0.5, 0.6) is 0 Å². The highest BCUT2D eigenvalue weighted by atomic mass is 16.1. The van der Waals surface area contributed by atoms with Gasteiger partial charge in [0, 0.05) is 5.92 Å². The molecule has 0 bridgehead atoms. The number of allylic oxidation sites excluding steroid dienone is 2. The summed E-state index contributed by atoms with van der Waals surface area (Å²) in [6, 6.07) is 0. The fourth-order valence-corrected chi connectivity index (χ4v) is 10.6. The van der Waals surface area contributed by atoms with Crippen molar-refractivity contribution in [1.82, 2.24) is 0 Å². The van der Waals surface area contributed by atoms with Crippen molar-refractivity contribution >= 4 is 6.29 Å². The summed E-state index contributed by atoms with van der Waals surface area (Å²) in [4.78, 5) is 12.5. The van der Waals surface area contributed by atoms with Gasteiger partial charge in [-0.05, 0) is 142 Å². The van der Waals surface area contributed by atoms with Crippen molar-refractivity contribution in [2.24, 2.45) is 82.9 Å². The molecule has 0 aromatic rings. The first kappa shape index (κ1) is 35.9. The summed E-state index contributed by atoms with van der Waals surface area (Å²) >= 11 is 0. The summed E-state index contributed by atoms with van der Waals surface area (Å²) in [6.45, 7) is 24.6. The van der Waals surface area contributed by atoms with Gasteiger partial charge in [0.25, 0.3) is 0 Å². The van der Waals surface area contributed by atoms with Gasteiger partial charge in [-0.2, -0.15) is 0 Å². The van der Waals surface area contributed by atoms with E-state index in [9.17, 15) is 4.79 Å². The molecule has 0 radical (unpaired) electrons. The Balaban J connectivity index is 1.71. The van der Waals surface area contributed by atoms with Crippen molar-refractivity contribution < 1.29 is 4.79 Å². The molecular weight excluding hydrogens is 508 g/mol. The highest BCUT2D eigenvalue weighted by molar-refractivity contribution is 5.54. The fraction of sp³-hybridized carbons (Fsp3) is 0.927. The van der Waals surface area contributed by atoms with E-state index in [1.807, 2.05) is 0 Å². The first-order chi connectivity index (χ1) is 19.9. The molecule has 0 spiro atoms. The molecule has 0 heterocycles. The molecule has 0 aromatic heterocycles. The molecule has 3 rings (SSSR count). The first-order valence-electron chi connectivity index (χ1n) is 19.0. The molecule has 3 aliphatic carbocycles. The minimum absolute atomic E-state index is 0.273. The number of hydrogen-bond donors (Lipinski definition) is 0. The molecule has 0 aliphatic heterocycles. The van der Waals surface area contributed by atoms with E-state index in [0.717, 1.165) is 71.5 Å². The monoisotopic (exact) mass is 583 g/mol. The minimum Gasteiger partial charge on any atom is -0.303 e. The van der Waals surface area contributed by atoms with Crippen LogP contribution in [0.25, 0.3) is 0 Å². The van der Waals surface area contributed by atoms with Crippen LogP contribution in [0.3, 0.4) is 0 Å². The number of rotatable bonds is 14. The topological polar surface area (TPSA) is 17.1 Å². The predicted octanol–water partition coefficient (Wildman–Crippen LogP) is 12.4. The van der Waals surface area contributed by atoms with Crippen LogP contribution in [-0.4, -0.2) is 6.29 Å². The fourth-order valence-electron chi connectivity index (χ4n) is 10.6. The minimum atomic E-state index is 0.273. The van der Waals surface area contributed by atoms with Crippen LogP contribution in [0.1, 0.15) is 159 Å². The lowest BCUT2D eigenvalue weighted by atomic mass is 9.63. The summed E-state index contributed by atoms with van der Waals surface area (Å²) in [6.07, 6.45) is 22.9. The van der Waals surface area contributed by atoms with Crippen LogP contribution in [0.4, 0.5) is 0 Å². The van der Waals surface area contributed by atoms with Gasteiger partial charge in [-0.25, -0.2) is 0 Å². The van der Waals surface area contributed by atoms with Crippen LogP contribution in [-0.2, 0) is 4.79 Å². The van der Waals surface area contributed by atoms with E-state index in [1.54, 1.807) is 5.57 Å². The standard InChI is InChI=1S/C41H74O/c1-27(2)36-20-17-30(7)23-39(36)33(10)13-11-14-34(40-24-31(8)18-21-37(40)28(3)4)15-12-16-35(26-42)41-25-32(9)19-22-38(41)29(5)6/h13,26-32,34-41H,11-12,14-25H2,1-10H3/b33-13-. The zero-order valence-corrected chi connectivity index (χ0v) is 30.0. The summed E-state index contributed by atoms with van der Waals surface area (Å²) in [5.74, 6) is 10.7. The Morgan fingerprint density at radius 3 is 1.67 bits per heavy atom. The van der Waals surface area contributed by atoms with E-state index in [-0.39, 0.29) is 5.92 Å². The van der Waals surface area contributed by atoms with Crippen LogP contribution in [0.2, 0.25) is 0 Å². The average Bonchev–Trinajstić information content (AvgIpc) is 2.93. The summed E-state index contributed by atoms with van der Waals surface area (Å²) in [5, 5.41) is 0. The second kappa shape index (κ2) is 17.2. The number of aldehydes is 1. The van der Waals surface area contributed by atoms with Crippen LogP contribution < -0.4 is 0 Å². The van der Waals surface area contributed by atoms with Gasteiger partial charge in [-0.3, -0.25) is 0 Å². The third-order valence-electron chi connectivity index (χ3n) is 13.2. The molecule has 3 aliphatic rings. The highest BCUT2D eigenvalue weighted by Crippen LogP contribution is 2.47. The molecule has 42 heavy (non-hydrogen) atoms. The Morgan fingerprint density at radius 2 is 1.12 bits per heavy atom. The van der Waals surface area contributed by atoms with Gasteiger partial charge in [-0.1, -0.05) is 106 Å². The van der Waals surface area contributed by atoms with Crippen molar-refractivity contribution in [2.45, 2.75) is 159 Å². The van der Waals surface area contributed by atoms with Gasteiger partial charge in [0.1, 0.15) is 6.29 Å². The Bertz CT molecular complexity index is 806. The lowest BCUT2D eigenvalue weighted by Crippen LogP contribution is -2.34. The Hall–Kier alpha value is -0.590. The lowest BCUT2D eigenvalue weighted by molar-refractivity contribution is -0.114. The maximum Gasteiger partial charge on any atom is 0.123 e. The summed E-state index contributed by atoms with van der Waals surface area (Å²) < 4.78 is 0. The molecule has 3 saturated carbocycles. The highest BCUT2D eigenvalue weighted by Gasteiger charge is 2.38. The maximum atomic E-state index is 12.5. The zero-order chi connectivity index (χ0) is 31.0. The van der Waals surface area contributed by atoms with Gasteiger partial charge in [0.2, 0.25) is 0 Å². The van der Waals surface area contributed by atoms with Gasteiger partial charge in [0.05, 0.1) is 0 Å². The van der Waals surface area contributed by atoms with Gasteiger partial charge >= 0.3 is 0 Å². The zero-order valence-electron chi connectivity index (χ0n) is 30.0. The van der Waals surface area contributed by atoms with E-state index in [0.29, 0.717) is 11.8 Å².